The van der Waals surface area contributed by atoms with E-state index in [4.69, 9.17) is 9.15 Å². The van der Waals surface area contributed by atoms with E-state index in [0.717, 1.165) is 58.5 Å². The minimum Gasteiger partial charge on any atom is -0.493 e. The second-order valence-electron chi connectivity index (χ2n) is 7.47. The summed E-state index contributed by atoms with van der Waals surface area (Å²) >= 11 is 0. The maximum Gasteiger partial charge on any atom is 0.246 e. The van der Waals surface area contributed by atoms with Crippen LogP contribution in [0.15, 0.2) is 22.8 Å². The molecule has 0 spiro atoms. The lowest BCUT2D eigenvalue weighted by Gasteiger charge is -2.30. The molecule has 1 amide bonds. The van der Waals surface area contributed by atoms with Crippen molar-refractivity contribution < 1.29 is 13.9 Å². The normalized spacial score (nSPS) is 18.4. The number of fused-ring (bicyclic) bond motifs is 1. The Morgan fingerprint density at radius 1 is 1.42 bits per heavy atom. The van der Waals surface area contributed by atoms with E-state index in [1.165, 1.54) is 6.42 Å². The molecular weight excluding hydrogens is 326 g/mol. The van der Waals surface area contributed by atoms with E-state index < -0.39 is 0 Å². The fourth-order valence-corrected chi connectivity index (χ4v) is 3.81. The van der Waals surface area contributed by atoms with Crippen LogP contribution in [0.2, 0.25) is 0 Å². The van der Waals surface area contributed by atoms with Crippen molar-refractivity contribution in [1.29, 1.82) is 0 Å². The van der Waals surface area contributed by atoms with Gasteiger partial charge < -0.3 is 14.1 Å². The van der Waals surface area contributed by atoms with E-state index in [1.54, 1.807) is 12.3 Å². The third-order valence-corrected chi connectivity index (χ3v) is 5.26. The molecule has 2 aromatic rings. The Bertz CT molecular complexity index is 847. The first kappa shape index (κ1) is 18.6. The van der Waals surface area contributed by atoms with Crippen molar-refractivity contribution in [3.05, 3.63) is 35.1 Å². The SMILES string of the molecule is CCOc1c(/C(C)=C/C(=O)N2CCCC(C)C2)cc2c(C)coc2c1C. The van der Waals surface area contributed by atoms with Gasteiger partial charge in [-0.25, -0.2) is 0 Å². The number of allylic oxidation sites excluding steroid dienone is 1. The largest absolute Gasteiger partial charge is 0.493 e. The number of piperidine rings is 1. The average molecular weight is 355 g/mol. The zero-order chi connectivity index (χ0) is 18.8. The molecule has 26 heavy (non-hydrogen) atoms. The predicted octanol–water partition coefficient (Wildman–Crippen LogP) is 5.11. The fourth-order valence-electron chi connectivity index (χ4n) is 3.81. The van der Waals surface area contributed by atoms with Crippen LogP contribution in [0.4, 0.5) is 0 Å². The number of hydrogen-bond acceptors (Lipinski definition) is 3. The zero-order valence-corrected chi connectivity index (χ0v) is 16.5. The third kappa shape index (κ3) is 3.50. The summed E-state index contributed by atoms with van der Waals surface area (Å²) in [7, 11) is 0. The molecule has 1 aromatic heterocycles. The third-order valence-electron chi connectivity index (χ3n) is 5.26. The number of furan rings is 1. The highest BCUT2D eigenvalue weighted by molar-refractivity contribution is 5.98. The molecule has 1 aliphatic rings. The molecule has 1 aromatic carbocycles. The molecule has 1 saturated heterocycles. The van der Waals surface area contributed by atoms with E-state index >= 15 is 0 Å². The van der Waals surface area contributed by atoms with Crippen LogP contribution in [-0.4, -0.2) is 30.5 Å². The van der Waals surface area contributed by atoms with Gasteiger partial charge in [-0.1, -0.05) is 6.92 Å². The lowest BCUT2D eigenvalue weighted by molar-refractivity contribution is -0.127. The molecule has 1 fully saturated rings. The summed E-state index contributed by atoms with van der Waals surface area (Å²) in [5.74, 6) is 1.48. The Morgan fingerprint density at radius 2 is 2.19 bits per heavy atom. The van der Waals surface area contributed by atoms with Crippen molar-refractivity contribution in [2.24, 2.45) is 5.92 Å². The first-order valence-corrected chi connectivity index (χ1v) is 9.54. The van der Waals surface area contributed by atoms with Crippen LogP contribution >= 0.6 is 0 Å². The molecule has 0 aliphatic carbocycles. The van der Waals surface area contributed by atoms with Gasteiger partial charge in [0.1, 0.15) is 11.3 Å². The highest BCUT2D eigenvalue weighted by Crippen LogP contribution is 2.37. The Kier molecular flexibility index (Phi) is 5.40. The van der Waals surface area contributed by atoms with E-state index in [2.05, 4.69) is 13.0 Å². The number of carbonyl (C=O) groups is 1. The molecule has 1 atom stereocenters. The van der Waals surface area contributed by atoms with Gasteiger partial charge in [-0.15, -0.1) is 0 Å². The molecule has 1 aliphatic heterocycles. The predicted molar refractivity (Wildman–Crippen MR) is 105 cm³/mol. The molecule has 4 heteroatoms. The van der Waals surface area contributed by atoms with Crippen molar-refractivity contribution in [2.75, 3.05) is 19.7 Å². The summed E-state index contributed by atoms with van der Waals surface area (Å²) in [4.78, 5) is 14.7. The Labute approximate surface area is 155 Å². The standard InChI is InChI=1S/C22H29NO3/c1-6-25-21-17(5)22-19(16(4)13-26-22)11-18(21)15(3)10-20(24)23-9-7-8-14(2)12-23/h10-11,13-14H,6-9,12H2,1-5H3/b15-10+. The van der Waals surface area contributed by atoms with Crippen LogP contribution in [0.25, 0.3) is 16.5 Å². The highest BCUT2D eigenvalue weighted by Gasteiger charge is 2.21. The quantitative estimate of drug-likeness (QED) is 0.716. The fraction of sp³-hybridized carbons (Fsp3) is 0.500. The maximum absolute atomic E-state index is 12.8. The zero-order valence-electron chi connectivity index (χ0n) is 16.5. The van der Waals surface area contributed by atoms with E-state index in [1.807, 2.05) is 32.6 Å². The van der Waals surface area contributed by atoms with Crippen LogP contribution < -0.4 is 4.74 Å². The first-order valence-electron chi connectivity index (χ1n) is 9.54. The number of rotatable bonds is 4. The molecule has 0 radical (unpaired) electrons. The molecule has 1 unspecified atom stereocenters. The summed E-state index contributed by atoms with van der Waals surface area (Å²) < 4.78 is 11.6. The second-order valence-corrected chi connectivity index (χ2v) is 7.47. The first-order chi connectivity index (χ1) is 12.4. The van der Waals surface area contributed by atoms with Gasteiger partial charge in [0.15, 0.2) is 0 Å². The number of ether oxygens (including phenoxy) is 1. The van der Waals surface area contributed by atoms with Crippen LogP contribution in [-0.2, 0) is 4.79 Å². The summed E-state index contributed by atoms with van der Waals surface area (Å²) in [6.07, 6.45) is 5.83. The highest BCUT2D eigenvalue weighted by atomic mass is 16.5. The van der Waals surface area contributed by atoms with Crippen molar-refractivity contribution in [1.82, 2.24) is 4.90 Å². The number of amides is 1. The Morgan fingerprint density at radius 3 is 2.88 bits per heavy atom. The maximum atomic E-state index is 12.8. The molecule has 3 rings (SSSR count). The van der Waals surface area contributed by atoms with Gasteiger partial charge in [0.25, 0.3) is 0 Å². The Hall–Kier alpha value is -2.23. The monoisotopic (exact) mass is 355 g/mol. The van der Waals surface area contributed by atoms with Gasteiger partial charge in [-0.3, -0.25) is 4.79 Å². The van der Waals surface area contributed by atoms with Crippen LogP contribution in [0.5, 0.6) is 5.75 Å². The minimum absolute atomic E-state index is 0.0955. The second kappa shape index (κ2) is 7.56. The topological polar surface area (TPSA) is 42.7 Å². The molecule has 0 N–H and O–H groups in total. The van der Waals surface area contributed by atoms with Gasteiger partial charge in [0.05, 0.1) is 12.9 Å². The number of aryl methyl sites for hydroxylation is 2. The number of carbonyl (C=O) groups excluding carboxylic acids is 1. The molecule has 0 bridgehead atoms. The average Bonchev–Trinajstić information content (AvgIpc) is 2.98. The van der Waals surface area contributed by atoms with Gasteiger partial charge >= 0.3 is 0 Å². The van der Waals surface area contributed by atoms with Crippen LogP contribution in [0, 0.1) is 19.8 Å². The number of benzene rings is 1. The van der Waals surface area contributed by atoms with Crippen molar-refractivity contribution in [2.45, 2.75) is 47.5 Å². The molecule has 4 nitrogen and oxygen atoms in total. The van der Waals surface area contributed by atoms with Gasteiger partial charge in [-0.2, -0.15) is 0 Å². The molecule has 0 saturated carbocycles. The van der Waals surface area contributed by atoms with Gasteiger partial charge in [0, 0.05) is 35.7 Å². The van der Waals surface area contributed by atoms with Gasteiger partial charge in [-0.05, 0) is 63.7 Å². The lowest BCUT2D eigenvalue weighted by Crippen LogP contribution is -2.38. The van der Waals surface area contributed by atoms with Crippen LogP contribution in [0.3, 0.4) is 0 Å². The summed E-state index contributed by atoms with van der Waals surface area (Å²) in [5, 5.41) is 1.08. The van der Waals surface area contributed by atoms with E-state index in [0.29, 0.717) is 12.5 Å². The Balaban J connectivity index is 2.00. The smallest absolute Gasteiger partial charge is 0.246 e. The van der Waals surface area contributed by atoms with Crippen LogP contribution in [0.1, 0.15) is 50.3 Å². The number of nitrogens with zero attached hydrogens (tertiary/aromatic N) is 1. The van der Waals surface area contributed by atoms with E-state index in [9.17, 15) is 4.79 Å². The minimum atomic E-state index is 0.0955. The molecule has 2 heterocycles. The number of likely N-dealkylation sites (tertiary alicyclic amines) is 1. The van der Waals surface area contributed by atoms with E-state index in [-0.39, 0.29) is 5.91 Å². The number of hydrogen-bond donors (Lipinski definition) is 0. The molecular formula is C22H29NO3. The summed E-state index contributed by atoms with van der Waals surface area (Å²) in [6.45, 7) is 12.5. The van der Waals surface area contributed by atoms with Crippen molar-refractivity contribution in [3.63, 3.8) is 0 Å². The lowest BCUT2D eigenvalue weighted by atomic mass is 9.97. The van der Waals surface area contributed by atoms with Crippen molar-refractivity contribution in [3.8, 4) is 5.75 Å². The van der Waals surface area contributed by atoms with Crippen molar-refractivity contribution >= 4 is 22.4 Å². The summed E-state index contributed by atoms with van der Waals surface area (Å²) in [5.41, 5.74) is 4.84. The van der Waals surface area contributed by atoms with Gasteiger partial charge in [0.2, 0.25) is 5.91 Å². The summed E-state index contributed by atoms with van der Waals surface area (Å²) in [6, 6.07) is 2.09. The molecule has 140 valence electrons.